The second kappa shape index (κ2) is 9.05. The number of phenols is 1. The number of nitrogens with zero attached hydrogens (tertiary/aromatic N) is 1. The van der Waals surface area contributed by atoms with Crippen LogP contribution in [0.5, 0.6) is 23.0 Å². The lowest BCUT2D eigenvalue weighted by Gasteiger charge is -2.12. The van der Waals surface area contributed by atoms with Gasteiger partial charge in [0.05, 0.1) is 19.9 Å². The monoisotopic (exact) mass is 399 g/mol. The van der Waals surface area contributed by atoms with Crippen molar-refractivity contribution in [3.05, 3.63) is 66.2 Å². The average Bonchev–Trinajstić information content (AvgIpc) is 2.73. The van der Waals surface area contributed by atoms with Crippen LogP contribution in [0.1, 0.15) is 5.56 Å². The van der Waals surface area contributed by atoms with Crippen LogP contribution < -0.4 is 14.2 Å². The zero-order valence-corrected chi connectivity index (χ0v) is 15.8. The van der Waals surface area contributed by atoms with Crippen LogP contribution in [0.4, 0.5) is 14.5 Å². The van der Waals surface area contributed by atoms with Crippen LogP contribution in [-0.2, 0) is 0 Å². The van der Waals surface area contributed by atoms with E-state index in [0.29, 0.717) is 33.9 Å². The maximum Gasteiger partial charge on any atom is 0.387 e. The highest BCUT2D eigenvalue weighted by Crippen LogP contribution is 2.35. The summed E-state index contributed by atoms with van der Waals surface area (Å²) >= 11 is 0. The number of benzene rings is 3. The normalized spacial score (nSPS) is 11.1. The molecule has 0 atom stereocenters. The first-order chi connectivity index (χ1) is 14.0. The number of alkyl halides is 2. The van der Waals surface area contributed by atoms with E-state index >= 15 is 0 Å². The molecule has 0 fully saturated rings. The Morgan fingerprint density at radius 1 is 0.897 bits per heavy atom. The maximum absolute atomic E-state index is 12.8. The van der Waals surface area contributed by atoms with Crippen molar-refractivity contribution in [3.8, 4) is 34.1 Å². The second-order valence-corrected chi connectivity index (χ2v) is 5.97. The van der Waals surface area contributed by atoms with Crippen LogP contribution in [0.15, 0.2) is 65.7 Å². The fourth-order valence-electron chi connectivity index (χ4n) is 2.70. The summed E-state index contributed by atoms with van der Waals surface area (Å²) in [4.78, 5) is 4.34. The molecule has 3 aromatic carbocycles. The van der Waals surface area contributed by atoms with Gasteiger partial charge in [-0.05, 0) is 54.1 Å². The van der Waals surface area contributed by atoms with E-state index in [-0.39, 0.29) is 11.5 Å². The standard InChI is InChI=1S/C22H19F2NO4/c1-27-17-6-3-14(4-7-17)19-12-16(5-10-21(19)29-22(23)24)25-13-15-11-18(28-2)8-9-20(15)26/h3-13,22,26H,1-2H3. The van der Waals surface area contributed by atoms with Gasteiger partial charge in [0.15, 0.2) is 0 Å². The number of rotatable bonds is 7. The molecule has 0 saturated carbocycles. The summed E-state index contributed by atoms with van der Waals surface area (Å²) in [6.07, 6.45) is 1.47. The van der Waals surface area contributed by atoms with Crippen molar-refractivity contribution in [1.29, 1.82) is 0 Å². The number of methoxy groups -OCH3 is 2. The molecule has 29 heavy (non-hydrogen) atoms. The zero-order chi connectivity index (χ0) is 20.8. The Kier molecular flexibility index (Phi) is 6.29. The molecule has 0 aliphatic rings. The minimum Gasteiger partial charge on any atom is -0.507 e. The highest BCUT2D eigenvalue weighted by atomic mass is 19.3. The van der Waals surface area contributed by atoms with Crippen LogP contribution in [-0.4, -0.2) is 32.2 Å². The summed E-state index contributed by atoms with van der Waals surface area (Å²) in [6.45, 7) is -2.95. The number of hydrogen-bond donors (Lipinski definition) is 1. The lowest BCUT2D eigenvalue weighted by atomic mass is 10.0. The van der Waals surface area contributed by atoms with E-state index in [9.17, 15) is 13.9 Å². The topological polar surface area (TPSA) is 60.3 Å². The molecule has 0 aliphatic carbocycles. The van der Waals surface area contributed by atoms with E-state index < -0.39 is 6.61 Å². The Labute approximate surface area is 166 Å². The van der Waals surface area contributed by atoms with Gasteiger partial charge in [0.1, 0.15) is 23.0 Å². The maximum atomic E-state index is 12.8. The van der Waals surface area contributed by atoms with Gasteiger partial charge in [-0.15, -0.1) is 0 Å². The van der Waals surface area contributed by atoms with Gasteiger partial charge in [-0.3, -0.25) is 4.99 Å². The van der Waals surface area contributed by atoms with E-state index in [0.717, 1.165) is 0 Å². The van der Waals surface area contributed by atoms with E-state index in [4.69, 9.17) is 9.47 Å². The third-order valence-electron chi connectivity index (χ3n) is 4.17. The minimum absolute atomic E-state index is 0.0355. The number of aliphatic imine (C=N–C) groups is 1. The average molecular weight is 399 g/mol. The van der Waals surface area contributed by atoms with Crippen molar-refractivity contribution in [2.45, 2.75) is 6.61 Å². The number of ether oxygens (including phenoxy) is 3. The summed E-state index contributed by atoms with van der Waals surface area (Å²) in [5, 5.41) is 9.97. The Bertz CT molecular complexity index is 1000. The van der Waals surface area contributed by atoms with Crippen LogP contribution >= 0.6 is 0 Å². The number of phenolic OH excluding ortho intramolecular Hbond substituents is 1. The third kappa shape index (κ3) is 5.01. The zero-order valence-electron chi connectivity index (χ0n) is 15.8. The van der Waals surface area contributed by atoms with Crippen molar-refractivity contribution in [3.63, 3.8) is 0 Å². The van der Waals surface area contributed by atoms with Gasteiger partial charge < -0.3 is 19.3 Å². The molecule has 7 heteroatoms. The van der Waals surface area contributed by atoms with Crippen LogP contribution in [0.25, 0.3) is 11.1 Å². The molecule has 0 saturated heterocycles. The molecule has 150 valence electrons. The molecule has 1 N–H and O–H groups in total. The number of halogens is 2. The summed E-state index contributed by atoms with van der Waals surface area (Å²) in [5.74, 6) is 1.30. The van der Waals surface area contributed by atoms with Gasteiger partial charge in [-0.2, -0.15) is 8.78 Å². The largest absolute Gasteiger partial charge is 0.507 e. The van der Waals surface area contributed by atoms with Gasteiger partial charge >= 0.3 is 6.61 Å². The van der Waals surface area contributed by atoms with Crippen molar-refractivity contribution >= 4 is 11.9 Å². The quantitative estimate of drug-likeness (QED) is 0.539. The molecule has 0 radical (unpaired) electrons. The second-order valence-electron chi connectivity index (χ2n) is 5.97. The molecule has 0 spiro atoms. The molecule has 0 aromatic heterocycles. The molecule has 3 aromatic rings. The van der Waals surface area contributed by atoms with Crippen LogP contribution in [0.2, 0.25) is 0 Å². The SMILES string of the molecule is COc1ccc(-c2cc(N=Cc3cc(OC)ccc3O)ccc2OC(F)F)cc1. The Hall–Kier alpha value is -3.61. The molecule has 3 rings (SSSR count). The first kappa shape index (κ1) is 20.1. The predicted molar refractivity (Wildman–Crippen MR) is 107 cm³/mol. The van der Waals surface area contributed by atoms with Crippen LogP contribution in [0, 0.1) is 0 Å². The highest BCUT2D eigenvalue weighted by molar-refractivity contribution is 5.86. The summed E-state index contributed by atoms with van der Waals surface area (Å²) in [7, 11) is 3.07. The third-order valence-corrected chi connectivity index (χ3v) is 4.17. The summed E-state index contributed by atoms with van der Waals surface area (Å²) in [5.41, 5.74) is 2.09. The van der Waals surface area contributed by atoms with Gasteiger partial charge in [0.25, 0.3) is 0 Å². The smallest absolute Gasteiger partial charge is 0.387 e. The summed E-state index contributed by atoms with van der Waals surface area (Å²) in [6, 6.07) is 16.3. The molecule has 5 nitrogen and oxygen atoms in total. The van der Waals surface area contributed by atoms with Crippen molar-refractivity contribution in [2.75, 3.05) is 14.2 Å². The fraction of sp³-hybridized carbons (Fsp3) is 0.136. The molecule has 0 aliphatic heterocycles. The lowest BCUT2D eigenvalue weighted by Crippen LogP contribution is -2.03. The van der Waals surface area contributed by atoms with E-state index in [1.807, 2.05) is 0 Å². The van der Waals surface area contributed by atoms with Crippen molar-refractivity contribution < 1.29 is 28.1 Å². The van der Waals surface area contributed by atoms with Gasteiger partial charge in [-0.1, -0.05) is 12.1 Å². The highest BCUT2D eigenvalue weighted by Gasteiger charge is 2.12. The fourth-order valence-corrected chi connectivity index (χ4v) is 2.70. The van der Waals surface area contributed by atoms with Gasteiger partial charge in [-0.25, -0.2) is 0 Å². The van der Waals surface area contributed by atoms with E-state index in [1.165, 1.54) is 25.5 Å². The molecule has 0 heterocycles. The van der Waals surface area contributed by atoms with Crippen molar-refractivity contribution in [2.24, 2.45) is 4.99 Å². The van der Waals surface area contributed by atoms with Gasteiger partial charge in [0.2, 0.25) is 0 Å². The Balaban J connectivity index is 1.98. The minimum atomic E-state index is -2.95. The van der Waals surface area contributed by atoms with E-state index in [1.54, 1.807) is 55.6 Å². The summed E-state index contributed by atoms with van der Waals surface area (Å²) < 4.78 is 40.5. The van der Waals surface area contributed by atoms with E-state index in [2.05, 4.69) is 9.73 Å². The first-order valence-electron chi connectivity index (χ1n) is 8.64. The Morgan fingerprint density at radius 3 is 2.24 bits per heavy atom. The predicted octanol–water partition coefficient (Wildman–Crippen LogP) is 5.43. The van der Waals surface area contributed by atoms with Crippen molar-refractivity contribution in [1.82, 2.24) is 0 Å². The van der Waals surface area contributed by atoms with Crippen LogP contribution in [0.3, 0.4) is 0 Å². The van der Waals surface area contributed by atoms with Gasteiger partial charge in [0, 0.05) is 17.3 Å². The molecular weight excluding hydrogens is 380 g/mol. The number of hydrogen-bond acceptors (Lipinski definition) is 5. The molecule has 0 amide bonds. The number of aromatic hydroxyl groups is 1. The molecular formula is C22H19F2NO4. The molecule has 0 unspecified atom stereocenters. The Morgan fingerprint density at radius 2 is 1.59 bits per heavy atom. The molecule has 0 bridgehead atoms. The first-order valence-corrected chi connectivity index (χ1v) is 8.64. The lowest BCUT2D eigenvalue weighted by molar-refractivity contribution is -0.0494.